The van der Waals surface area contributed by atoms with E-state index in [0.717, 1.165) is 34.8 Å². The van der Waals surface area contributed by atoms with E-state index in [0.29, 0.717) is 4.88 Å². The minimum absolute atomic E-state index is 0.0242. The second-order valence-corrected chi connectivity index (χ2v) is 7.49. The third kappa shape index (κ3) is 3.35. The number of likely N-dealkylation sites (N-methyl/N-ethyl adjacent to an activating group) is 1. The van der Waals surface area contributed by atoms with E-state index >= 15 is 0 Å². The molecule has 0 saturated heterocycles. The zero-order chi connectivity index (χ0) is 16.4. The summed E-state index contributed by atoms with van der Waals surface area (Å²) < 4.78 is 0. The molecule has 0 radical (unpaired) electrons. The molecular formula is C16H16N2O3S2. The average Bonchev–Trinajstić information content (AvgIpc) is 3.18. The maximum atomic E-state index is 12.0. The molecule has 7 heteroatoms. The van der Waals surface area contributed by atoms with Gasteiger partial charge in [-0.3, -0.25) is 4.79 Å². The van der Waals surface area contributed by atoms with Gasteiger partial charge in [0.1, 0.15) is 9.88 Å². The lowest BCUT2D eigenvalue weighted by atomic mass is 9.90. The van der Waals surface area contributed by atoms with E-state index < -0.39 is 5.97 Å². The van der Waals surface area contributed by atoms with Crippen molar-refractivity contribution in [1.82, 2.24) is 10.3 Å². The SMILES string of the molecule is CNC(=O)C1CCCc2sc(/C=C/c3ccc(C(=O)O)s3)nc21. The predicted octanol–water partition coefficient (Wildman–Crippen LogP) is 3.24. The first-order valence-electron chi connectivity index (χ1n) is 7.31. The van der Waals surface area contributed by atoms with Crippen molar-refractivity contribution in [3.63, 3.8) is 0 Å². The van der Waals surface area contributed by atoms with E-state index in [-0.39, 0.29) is 11.8 Å². The lowest BCUT2D eigenvalue weighted by Crippen LogP contribution is -2.28. The van der Waals surface area contributed by atoms with E-state index in [9.17, 15) is 9.59 Å². The normalized spacial score (nSPS) is 17.2. The maximum absolute atomic E-state index is 12.0. The van der Waals surface area contributed by atoms with Crippen LogP contribution in [0.2, 0.25) is 0 Å². The summed E-state index contributed by atoms with van der Waals surface area (Å²) in [6, 6.07) is 3.38. The third-order valence-corrected chi connectivity index (χ3v) is 5.90. The van der Waals surface area contributed by atoms with Crippen molar-refractivity contribution in [1.29, 1.82) is 0 Å². The number of carboxylic acid groups (broad SMARTS) is 1. The number of rotatable bonds is 4. The second kappa shape index (κ2) is 6.64. The Hall–Kier alpha value is -1.99. The molecule has 120 valence electrons. The Bertz CT molecular complexity index is 776. The summed E-state index contributed by atoms with van der Waals surface area (Å²) in [5.41, 5.74) is 0.901. The van der Waals surface area contributed by atoms with E-state index in [2.05, 4.69) is 10.3 Å². The minimum atomic E-state index is -0.909. The molecule has 0 fully saturated rings. The van der Waals surface area contributed by atoms with Crippen LogP contribution in [-0.4, -0.2) is 29.0 Å². The van der Waals surface area contributed by atoms with Gasteiger partial charge in [0.2, 0.25) is 5.91 Å². The Labute approximate surface area is 141 Å². The van der Waals surface area contributed by atoms with Gasteiger partial charge in [0.05, 0.1) is 11.6 Å². The van der Waals surface area contributed by atoms with Crippen LogP contribution < -0.4 is 5.32 Å². The Morgan fingerprint density at radius 2 is 2.17 bits per heavy atom. The third-order valence-electron chi connectivity index (χ3n) is 3.76. The van der Waals surface area contributed by atoms with E-state index in [4.69, 9.17) is 5.11 Å². The van der Waals surface area contributed by atoms with Crippen molar-refractivity contribution in [3.8, 4) is 0 Å². The highest BCUT2D eigenvalue weighted by Crippen LogP contribution is 2.35. The molecular weight excluding hydrogens is 332 g/mol. The highest BCUT2D eigenvalue weighted by atomic mass is 32.1. The van der Waals surface area contributed by atoms with Gasteiger partial charge in [-0.2, -0.15) is 0 Å². The van der Waals surface area contributed by atoms with Crippen LogP contribution in [0.4, 0.5) is 0 Å². The number of aryl methyl sites for hydroxylation is 1. The number of carbonyl (C=O) groups is 2. The molecule has 3 rings (SSSR count). The molecule has 2 aromatic rings. The fourth-order valence-corrected chi connectivity index (χ4v) is 4.47. The molecule has 0 saturated carbocycles. The van der Waals surface area contributed by atoms with Crippen LogP contribution in [0.25, 0.3) is 12.2 Å². The van der Waals surface area contributed by atoms with Gasteiger partial charge in [-0.05, 0) is 43.5 Å². The number of carbonyl (C=O) groups excluding carboxylic acids is 1. The molecule has 23 heavy (non-hydrogen) atoms. The Morgan fingerprint density at radius 3 is 2.87 bits per heavy atom. The van der Waals surface area contributed by atoms with Crippen molar-refractivity contribution in [2.24, 2.45) is 0 Å². The summed E-state index contributed by atoms with van der Waals surface area (Å²) in [6.07, 6.45) is 6.57. The number of nitrogens with zero attached hydrogens (tertiary/aromatic N) is 1. The monoisotopic (exact) mass is 348 g/mol. The van der Waals surface area contributed by atoms with Crippen LogP contribution in [0.3, 0.4) is 0 Å². The van der Waals surface area contributed by atoms with Crippen molar-refractivity contribution >= 4 is 46.7 Å². The first-order valence-corrected chi connectivity index (χ1v) is 8.94. The summed E-state index contributed by atoms with van der Waals surface area (Å²) in [4.78, 5) is 29.8. The van der Waals surface area contributed by atoms with Gasteiger partial charge in [0.15, 0.2) is 0 Å². The average molecular weight is 348 g/mol. The van der Waals surface area contributed by atoms with Crippen LogP contribution in [-0.2, 0) is 11.2 Å². The van der Waals surface area contributed by atoms with Gasteiger partial charge < -0.3 is 10.4 Å². The van der Waals surface area contributed by atoms with Crippen LogP contribution in [0.1, 0.15) is 48.9 Å². The van der Waals surface area contributed by atoms with E-state index in [1.54, 1.807) is 30.5 Å². The van der Waals surface area contributed by atoms with Crippen LogP contribution in [0.5, 0.6) is 0 Å². The molecule has 1 aliphatic carbocycles. The molecule has 0 aliphatic heterocycles. The first-order chi connectivity index (χ1) is 11.1. The summed E-state index contributed by atoms with van der Waals surface area (Å²) >= 11 is 2.84. The number of hydrogen-bond donors (Lipinski definition) is 2. The van der Waals surface area contributed by atoms with Gasteiger partial charge >= 0.3 is 5.97 Å². The molecule has 1 atom stereocenters. The van der Waals surface area contributed by atoms with Crippen molar-refractivity contribution in [3.05, 3.63) is 37.5 Å². The number of fused-ring (bicyclic) bond motifs is 1. The Kier molecular flexibility index (Phi) is 4.58. The lowest BCUT2D eigenvalue weighted by Gasteiger charge is -2.19. The van der Waals surface area contributed by atoms with Gasteiger partial charge in [-0.15, -0.1) is 22.7 Å². The van der Waals surface area contributed by atoms with Crippen molar-refractivity contribution < 1.29 is 14.7 Å². The zero-order valence-corrected chi connectivity index (χ0v) is 14.2. The minimum Gasteiger partial charge on any atom is -0.477 e. The number of thiophene rings is 1. The van der Waals surface area contributed by atoms with Crippen LogP contribution >= 0.6 is 22.7 Å². The highest BCUT2D eigenvalue weighted by molar-refractivity contribution is 7.15. The molecule has 0 aromatic carbocycles. The molecule has 1 unspecified atom stereocenters. The Morgan fingerprint density at radius 1 is 1.35 bits per heavy atom. The molecule has 2 aromatic heterocycles. The molecule has 1 aliphatic rings. The molecule has 5 nitrogen and oxygen atoms in total. The number of nitrogens with one attached hydrogen (secondary N) is 1. The van der Waals surface area contributed by atoms with Crippen molar-refractivity contribution in [2.45, 2.75) is 25.2 Å². The van der Waals surface area contributed by atoms with E-state index in [1.165, 1.54) is 16.2 Å². The summed E-state index contributed by atoms with van der Waals surface area (Å²) in [5, 5.41) is 12.5. The van der Waals surface area contributed by atoms with Crippen molar-refractivity contribution in [2.75, 3.05) is 7.05 Å². The molecule has 2 N–H and O–H groups in total. The highest BCUT2D eigenvalue weighted by Gasteiger charge is 2.29. The van der Waals surface area contributed by atoms with Gasteiger partial charge in [-0.25, -0.2) is 9.78 Å². The smallest absolute Gasteiger partial charge is 0.345 e. The van der Waals surface area contributed by atoms with Gasteiger partial charge in [0, 0.05) is 16.8 Å². The lowest BCUT2D eigenvalue weighted by molar-refractivity contribution is -0.122. The van der Waals surface area contributed by atoms with Gasteiger partial charge in [-0.1, -0.05) is 0 Å². The summed E-state index contributed by atoms with van der Waals surface area (Å²) in [6.45, 7) is 0. The standard InChI is InChI=1S/C16H16N2O3S2/c1-17-15(19)10-3-2-4-11-14(10)18-13(23-11)8-6-9-5-7-12(22-9)16(20)21/h5-8,10H,2-4H2,1H3,(H,17,19)(H,20,21)/b8-6+. The molecule has 0 spiro atoms. The zero-order valence-electron chi connectivity index (χ0n) is 12.5. The first kappa shape index (κ1) is 15.9. The number of aromatic nitrogens is 1. The second-order valence-electron chi connectivity index (χ2n) is 5.26. The fraction of sp³-hybridized carbons (Fsp3) is 0.312. The van der Waals surface area contributed by atoms with E-state index in [1.807, 2.05) is 12.2 Å². The number of amides is 1. The number of hydrogen-bond acceptors (Lipinski definition) is 5. The number of thiazole rings is 1. The summed E-state index contributed by atoms with van der Waals surface area (Å²) in [5.74, 6) is -1.04. The Balaban J connectivity index is 1.81. The molecule has 1 amide bonds. The largest absolute Gasteiger partial charge is 0.477 e. The summed E-state index contributed by atoms with van der Waals surface area (Å²) in [7, 11) is 1.65. The quantitative estimate of drug-likeness (QED) is 0.889. The topological polar surface area (TPSA) is 79.3 Å². The molecule has 2 heterocycles. The predicted molar refractivity (Wildman–Crippen MR) is 92.1 cm³/mol. The number of carboxylic acids is 1. The molecule has 0 bridgehead atoms. The van der Waals surface area contributed by atoms with Crippen LogP contribution in [0, 0.1) is 0 Å². The van der Waals surface area contributed by atoms with Gasteiger partial charge in [0.25, 0.3) is 0 Å². The fourth-order valence-electron chi connectivity index (χ4n) is 2.65. The number of aromatic carboxylic acids is 1. The maximum Gasteiger partial charge on any atom is 0.345 e. The van der Waals surface area contributed by atoms with Crippen LogP contribution in [0.15, 0.2) is 12.1 Å².